The Morgan fingerprint density at radius 2 is 2.12 bits per heavy atom. The minimum Gasteiger partial charge on any atom is -0.330 e. The van der Waals surface area contributed by atoms with Gasteiger partial charge in [0, 0.05) is 12.2 Å². The summed E-state index contributed by atoms with van der Waals surface area (Å²) >= 11 is 0. The summed E-state index contributed by atoms with van der Waals surface area (Å²) in [6, 6.07) is 0.700. The predicted molar refractivity (Wildman–Crippen MR) is 60.7 cm³/mol. The van der Waals surface area contributed by atoms with Crippen LogP contribution >= 0.6 is 0 Å². The number of imidazole rings is 1. The Bertz CT molecular complexity index is 340. The molecule has 0 aliphatic heterocycles. The molecule has 4 nitrogen and oxygen atoms in total. The highest BCUT2D eigenvalue weighted by Crippen LogP contribution is 2.35. The zero-order valence-corrected chi connectivity index (χ0v) is 9.56. The largest absolute Gasteiger partial charge is 0.330 e. The van der Waals surface area contributed by atoms with Crippen LogP contribution in [0.25, 0.3) is 0 Å². The fraction of sp³-hybridized carbons (Fsp3) is 0.750. The van der Waals surface area contributed by atoms with Crippen LogP contribution in [0.1, 0.15) is 50.3 Å². The van der Waals surface area contributed by atoms with Gasteiger partial charge in [-0.1, -0.05) is 12.8 Å². The third-order valence-corrected chi connectivity index (χ3v) is 3.49. The molecule has 0 aromatic carbocycles. The molecule has 0 atom stereocenters. The summed E-state index contributed by atoms with van der Waals surface area (Å²) in [5.74, 6) is 0. The highest BCUT2D eigenvalue weighted by molar-refractivity contribution is 5.02. The van der Waals surface area contributed by atoms with Gasteiger partial charge in [-0.05, 0) is 25.7 Å². The number of aromatic nitrogens is 2. The highest BCUT2D eigenvalue weighted by Gasteiger charge is 2.25. The third-order valence-electron chi connectivity index (χ3n) is 3.49. The van der Waals surface area contributed by atoms with Crippen LogP contribution < -0.4 is 5.48 Å². The van der Waals surface area contributed by atoms with Gasteiger partial charge in [0.25, 0.3) is 0 Å². The molecule has 0 saturated heterocycles. The zero-order chi connectivity index (χ0) is 10.8. The first-order chi connectivity index (χ1) is 7.93. The number of hydrogen-bond donors (Lipinski definition) is 1. The van der Waals surface area contributed by atoms with E-state index in [4.69, 9.17) is 4.84 Å². The van der Waals surface area contributed by atoms with Crippen LogP contribution in [-0.4, -0.2) is 15.7 Å². The van der Waals surface area contributed by atoms with Crippen LogP contribution in [0.5, 0.6) is 0 Å². The van der Waals surface area contributed by atoms with Gasteiger partial charge >= 0.3 is 0 Å². The summed E-state index contributed by atoms with van der Waals surface area (Å²) < 4.78 is 2.27. The molecule has 2 aliphatic rings. The van der Waals surface area contributed by atoms with Gasteiger partial charge in [-0.25, -0.2) is 4.98 Å². The SMILES string of the molecule is c1ncn(C2CC2)c1CNOC1CCCC1. The van der Waals surface area contributed by atoms with Crippen molar-refractivity contribution in [1.29, 1.82) is 0 Å². The van der Waals surface area contributed by atoms with Gasteiger partial charge in [0.1, 0.15) is 0 Å². The van der Waals surface area contributed by atoms with Crippen molar-refractivity contribution in [3.05, 3.63) is 18.2 Å². The van der Waals surface area contributed by atoms with Crippen molar-refractivity contribution in [3.63, 3.8) is 0 Å². The molecule has 0 bridgehead atoms. The van der Waals surface area contributed by atoms with E-state index >= 15 is 0 Å². The Morgan fingerprint density at radius 1 is 1.31 bits per heavy atom. The summed E-state index contributed by atoms with van der Waals surface area (Å²) in [4.78, 5) is 9.84. The fourth-order valence-corrected chi connectivity index (χ4v) is 2.39. The summed E-state index contributed by atoms with van der Waals surface area (Å²) in [7, 11) is 0. The summed E-state index contributed by atoms with van der Waals surface area (Å²) in [5, 5.41) is 0. The second-order valence-corrected chi connectivity index (χ2v) is 4.87. The normalized spacial score (nSPS) is 21.8. The van der Waals surface area contributed by atoms with Crippen LogP contribution in [-0.2, 0) is 11.4 Å². The maximum atomic E-state index is 5.64. The molecule has 1 aromatic heterocycles. The molecule has 0 radical (unpaired) electrons. The van der Waals surface area contributed by atoms with Crippen LogP contribution in [0.15, 0.2) is 12.5 Å². The molecular weight excluding hydrogens is 202 g/mol. The Labute approximate surface area is 96.0 Å². The molecule has 1 aromatic rings. The van der Waals surface area contributed by atoms with E-state index in [0.29, 0.717) is 12.1 Å². The van der Waals surface area contributed by atoms with Crippen LogP contribution in [0.2, 0.25) is 0 Å². The lowest BCUT2D eigenvalue weighted by Gasteiger charge is -2.12. The highest BCUT2D eigenvalue weighted by atomic mass is 16.7. The molecule has 4 heteroatoms. The number of nitrogens with zero attached hydrogens (tertiary/aromatic N) is 2. The third kappa shape index (κ3) is 2.28. The Morgan fingerprint density at radius 3 is 2.88 bits per heavy atom. The minimum atomic E-state index is 0.428. The van der Waals surface area contributed by atoms with Crippen molar-refractivity contribution in [1.82, 2.24) is 15.0 Å². The Hall–Kier alpha value is -0.870. The number of rotatable bonds is 5. The van der Waals surface area contributed by atoms with Gasteiger partial charge in [0.05, 0.1) is 24.7 Å². The van der Waals surface area contributed by atoms with Crippen molar-refractivity contribution in [2.45, 2.75) is 57.2 Å². The summed E-state index contributed by atoms with van der Waals surface area (Å²) in [5.41, 5.74) is 4.33. The average molecular weight is 221 g/mol. The van der Waals surface area contributed by atoms with Crippen molar-refractivity contribution in [2.24, 2.45) is 0 Å². The van der Waals surface area contributed by atoms with E-state index in [1.54, 1.807) is 0 Å². The molecular formula is C12H19N3O. The summed E-state index contributed by atoms with van der Waals surface area (Å²) in [6.07, 6.45) is 11.9. The second-order valence-electron chi connectivity index (χ2n) is 4.87. The first-order valence-corrected chi connectivity index (χ1v) is 6.33. The molecule has 16 heavy (non-hydrogen) atoms. The molecule has 0 unspecified atom stereocenters. The molecule has 2 aliphatic carbocycles. The molecule has 1 heterocycles. The average Bonchev–Trinajstić information content (AvgIpc) is 2.82. The summed E-state index contributed by atoms with van der Waals surface area (Å²) in [6.45, 7) is 0.771. The Balaban J connectivity index is 1.48. The van der Waals surface area contributed by atoms with E-state index in [1.807, 2.05) is 12.5 Å². The van der Waals surface area contributed by atoms with Crippen LogP contribution in [0.4, 0.5) is 0 Å². The van der Waals surface area contributed by atoms with Gasteiger partial charge in [-0.15, -0.1) is 0 Å². The van der Waals surface area contributed by atoms with Gasteiger partial charge in [0.2, 0.25) is 0 Å². The monoisotopic (exact) mass is 221 g/mol. The zero-order valence-electron chi connectivity index (χ0n) is 9.56. The van der Waals surface area contributed by atoms with E-state index in [2.05, 4.69) is 15.0 Å². The van der Waals surface area contributed by atoms with Crippen molar-refractivity contribution in [3.8, 4) is 0 Å². The second kappa shape index (κ2) is 4.55. The van der Waals surface area contributed by atoms with Crippen molar-refractivity contribution >= 4 is 0 Å². The fourth-order valence-electron chi connectivity index (χ4n) is 2.39. The molecule has 2 fully saturated rings. The molecule has 1 N–H and O–H groups in total. The van der Waals surface area contributed by atoms with E-state index in [0.717, 1.165) is 6.54 Å². The van der Waals surface area contributed by atoms with Crippen molar-refractivity contribution < 1.29 is 4.84 Å². The van der Waals surface area contributed by atoms with Crippen LogP contribution in [0.3, 0.4) is 0 Å². The molecule has 3 rings (SSSR count). The molecule has 2 saturated carbocycles. The van der Waals surface area contributed by atoms with E-state index < -0.39 is 0 Å². The van der Waals surface area contributed by atoms with Gasteiger partial charge in [-0.2, -0.15) is 5.48 Å². The maximum Gasteiger partial charge on any atom is 0.0951 e. The maximum absolute atomic E-state index is 5.64. The first kappa shape index (κ1) is 10.3. The smallest absolute Gasteiger partial charge is 0.0951 e. The lowest BCUT2D eigenvalue weighted by atomic mass is 10.3. The lowest BCUT2D eigenvalue weighted by molar-refractivity contribution is -0.0253. The van der Waals surface area contributed by atoms with Crippen molar-refractivity contribution in [2.75, 3.05) is 0 Å². The lowest BCUT2D eigenvalue weighted by Crippen LogP contribution is -2.22. The van der Waals surface area contributed by atoms with Crippen LogP contribution in [0, 0.1) is 0 Å². The molecule has 0 amide bonds. The Kier molecular flexibility index (Phi) is 2.93. The van der Waals surface area contributed by atoms with E-state index in [-0.39, 0.29) is 0 Å². The van der Waals surface area contributed by atoms with E-state index in [9.17, 15) is 0 Å². The number of hydroxylamine groups is 1. The van der Waals surface area contributed by atoms with Gasteiger partial charge in [0.15, 0.2) is 0 Å². The quantitative estimate of drug-likeness (QED) is 0.775. The molecule has 0 spiro atoms. The standard InChI is InChI=1S/C12H19N3O/c1-2-4-12(3-1)16-14-8-11-7-13-9-15(11)10-5-6-10/h7,9-10,12,14H,1-6,8H2. The number of nitrogens with one attached hydrogen (secondary N) is 1. The predicted octanol–water partition coefficient (Wildman–Crippen LogP) is 2.18. The minimum absolute atomic E-state index is 0.428. The number of hydrogen-bond acceptors (Lipinski definition) is 3. The van der Waals surface area contributed by atoms with E-state index in [1.165, 1.54) is 44.2 Å². The molecule has 88 valence electrons. The topological polar surface area (TPSA) is 39.1 Å². The first-order valence-electron chi connectivity index (χ1n) is 6.33. The van der Waals surface area contributed by atoms with Gasteiger partial charge in [-0.3, -0.25) is 4.84 Å². The van der Waals surface area contributed by atoms with Gasteiger partial charge < -0.3 is 4.57 Å².